The van der Waals surface area contributed by atoms with Gasteiger partial charge in [-0.05, 0) is 88.2 Å². The summed E-state index contributed by atoms with van der Waals surface area (Å²) in [4.78, 5) is 13.2. The van der Waals surface area contributed by atoms with Crippen LogP contribution in [0.2, 0.25) is 0 Å². The standard InChI is InChI=1S/C29H36F2N2O2/c1-5-35-25(34)28(4)12-6-11-27(3)22(28)10-14-29-17-26(2,13-9-23(27)29)24-19(29)16-32-33(24)21-15-18(30)7-8-20(21)31/h7-8,15-16,22-23H,5-6,9-14,17H2,1-4H3/t22-,23-,26-,27+,28+,29+/m0/s1. The van der Waals surface area contributed by atoms with Gasteiger partial charge >= 0.3 is 5.97 Å². The molecule has 4 nitrogen and oxygen atoms in total. The molecule has 2 bridgehead atoms. The van der Waals surface area contributed by atoms with Gasteiger partial charge in [-0.25, -0.2) is 13.5 Å². The van der Waals surface area contributed by atoms with Crippen molar-refractivity contribution in [2.24, 2.45) is 22.7 Å². The minimum atomic E-state index is -0.457. The number of aromatic nitrogens is 2. The predicted molar refractivity (Wildman–Crippen MR) is 129 cm³/mol. The van der Waals surface area contributed by atoms with Gasteiger partial charge in [0.25, 0.3) is 0 Å². The molecule has 1 aromatic heterocycles. The number of nitrogens with zero attached hydrogens (tertiary/aromatic N) is 2. The van der Waals surface area contributed by atoms with Gasteiger partial charge < -0.3 is 4.74 Å². The van der Waals surface area contributed by atoms with Crippen molar-refractivity contribution in [1.82, 2.24) is 9.78 Å². The monoisotopic (exact) mass is 482 g/mol. The fourth-order valence-electron chi connectivity index (χ4n) is 9.53. The number of halogens is 2. The van der Waals surface area contributed by atoms with E-state index in [0.717, 1.165) is 63.1 Å². The van der Waals surface area contributed by atoms with E-state index in [1.54, 1.807) is 4.68 Å². The van der Waals surface area contributed by atoms with Crippen molar-refractivity contribution in [3.05, 3.63) is 47.3 Å². The zero-order valence-electron chi connectivity index (χ0n) is 21.3. The van der Waals surface area contributed by atoms with Gasteiger partial charge in [0.15, 0.2) is 0 Å². The largest absolute Gasteiger partial charge is 0.466 e. The number of hydrogen-bond donors (Lipinski definition) is 0. The maximum atomic E-state index is 14.8. The predicted octanol–water partition coefficient (Wildman–Crippen LogP) is 6.63. The van der Waals surface area contributed by atoms with Crippen molar-refractivity contribution in [3.63, 3.8) is 0 Å². The highest BCUT2D eigenvalue weighted by Crippen LogP contribution is 2.73. The summed E-state index contributed by atoms with van der Waals surface area (Å²) < 4.78 is 36.2. The lowest BCUT2D eigenvalue weighted by molar-refractivity contribution is -0.180. The number of benzene rings is 1. The molecule has 2 aromatic rings. The van der Waals surface area contributed by atoms with Crippen LogP contribution in [0, 0.1) is 34.3 Å². The normalized spacial score (nSPS) is 39.5. The maximum absolute atomic E-state index is 14.8. The van der Waals surface area contributed by atoms with Crippen LogP contribution in [0.25, 0.3) is 5.69 Å². The molecule has 6 heteroatoms. The number of carbonyl (C=O) groups excluding carboxylic acids is 1. The summed E-state index contributed by atoms with van der Waals surface area (Å²) in [6.07, 6.45) is 10.1. The molecule has 0 amide bonds. The Hall–Kier alpha value is -2.24. The van der Waals surface area contributed by atoms with Crippen LogP contribution >= 0.6 is 0 Å². The van der Waals surface area contributed by atoms with Crippen molar-refractivity contribution < 1.29 is 18.3 Å². The molecule has 3 saturated carbocycles. The average molecular weight is 483 g/mol. The molecule has 0 aliphatic heterocycles. The summed E-state index contributed by atoms with van der Waals surface area (Å²) in [5.74, 6) is -0.213. The highest BCUT2D eigenvalue weighted by molar-refractivity contribution is 5.77. The lowest BCUT2D eigenvalue weighted by Crippen LogP contribution is -2.60. The van der Waals surface area contributed by atoms with E-state index >= 15 is 0 Å². The third-order valence-electron chi connectivity index (χ3n) is 10.8. The number of esters is 1. The van der Waals surface area contributed by atoms with E-state index < -0.39 is 17.0 Å². The molecule has 6 rings (SSSR count). The lowest BCUT2D eigenvalue weighted by atomic mass is 9.40. The van der Waals surface area contributed by atoms with Crippen LogP contribution in [0.4, 0.5) is 8.78 Å². The Balaban J connectivity index is 1.46. The Morgan fingerprint density at radius 3 is 2.66 bits per heavy atom. The van der Waals surface area contributed by atoms with E-state index in [1.807, 2.05) is 13.1 Å². The lowest BCUT2D eigenvalue weighted by Gasteiger charge is -2.64. The SMILES string of the molecule is CCOC(=O)[C@]1(C)CCC[C@@]2(C)[C@@H]3CC[C@@]4(C)C[C@]3(CC[C@@H]21)c1cnn(-c2cc(F)ccc2F)c14. The second-order valence-corrected chi connectivity index (χ2v) is 12.5. The molecule has 35 heavy (non-hydrogen) atoms. The zero-order chi connectivity index (χ0) is 24.8. The molecule has 188 valence electrons. The molecule has 0 unspecified atom stereocenters. The average Bonchev–Trinajstić information content (AvgIpc) is 3.33. The minimum absolute atomic E-state index is 0.0253. The molecule has 3 fully saturated rings. The molecular formula is C29H36F2N2O2. The second-order valence-electron chi connectivity index (χ2n) is 12.5. The van der Waals surface area contributed by atoms with Gasteiger partial charge in [0, 0.05) is 22.5 Å². The van der Waals surface area contributed by atoms with Crippen LogP contribution in [0.3, 0.4) is 0 Å². The molecular weight excluding hydrogens is 446 g/mol. The Morgan fingerprint density at radius 2 is 1.89 bits per heavy atom. The van der Waals surface area contributed by atoms with E-state index in [0.29, 0.717) is 18.4 Å². The van der Waals surface area contributed by atoms with Crippen LogP contribution in [-0.2, 0) is 20.4 Å². The summed E-state index contributed by atoms with van der Waals surface area (Å²) in [7, 11) is 0. The van der Waals surface area contributed by atoms with Gasteiger partial charge in [-0.3, -0.25) is 4.79 Å². The van der Waals surface area contributed by atoms with E-state index in [9.17, 15) is 13.6 Å². The number of fused-ring (bicyclic) bond motifs is 5. The van der Waals surface area contributed by atoms with Gasteiger partial charge in [0.1, 0.15) is 17.3 Å². The van der Waals surface area contributed by atoms with E-state index in [2.05, 4.69) is 25.9 Å². The van der Waals surface area contributed by atoms with Crippen LogP contribution in [0.1, 0.15) is 90.3 Å². The zero-order valence-corrected chi connectivity index (χ0v) is 21.3. The third-order valence-corrected chi connectivity index (χ3v) is 10.8. The first-order chi connectivity index (χ1) is 16.6. The Bertz CT molecular complexity index is 1210. The summed E-state index contributed by atoms with van der Waals surface area (Å²) in [6, 6.07) is 3.60. The molecule has 4 aliphatic rings. The number of carbonyl (C=O) groups is 1. The summed E-state index contributed by atoms with van der Waals surface area (Å²) in [5.41, 5.74) is 1.94. The summed E-state index contributed by atoms with van der Waals surface area (Å²) in [6.45, 7) is 9.16. The van der Waals surface area contributed by atoms with Gasteiger partial charge in [-0.1, -0.05) is 20.3 Å². The molecule has 0 radical (unpaired) electrons. The minimum Gasteiger partial charge on any atom is -0.466 e. The van der Waals surface area contributed by atoms with Gasteiger partial charge in [0.05, 0.1) is 23.9 Å². The van der Waals surface area contributed by atoms with Crippen LogP contribution in [0.15, 0.2) is 24.4 Å². The highest BCUT2D eigenvalue weighted by atomic mass is 19.1. The van der Waals surface area contributed by atoms with Crippen molar-refractivity contribution >= 4 is 5.97 Å². The quantitative estimate of drug-likeness (QED) is 0.461. The first-order valence-electron chi connectivity index (χ1n) is 13.3. The highest BCUT2D eigenvalue weighted by Gasteiger charge is 2.68. The Labute approximate surface area is 206 Å². The summed E-state index contributed by atoms with van der Waals surface area (Å²) in [5, 5.41) is 4.67. The van der Waals surface area contributed by atoms with Gasteiger partial charge in [0.2, 0.25) is 0 Å². The van der Waals surface area contributed by atoms with Crippen LogP contribution < -0.4 is 0 Å². The molecule has 0 saturated heterocycles. The number of rotatable bonds is 3. The Kier molecular flexibility index (Phi) is 4.89. The molecule has 1 heterocycles. The van der Waals surface area contributed by atoms with E-state index in [4.69, 9.17) is 4.74 Å². The van der Waals surface area contributed by atoms with Gasteiger partial charge in [-0.15, -0.1) is 0 Å². The first-order valence-corrected chi connectivity index (χ1v) is 13.3. The fourth-order valence-corrected chi connectivity index (χ4v) is 9.53. The molecule has 0 N–H and O–H groups in total. The van der Waals surface area contributed by atoms with Crippen molar-refractivity contribution in [3.8, 4) is 5.69 Å². The van der Waals surface area contributed by atoms with Gasteiger partial charge in [-0.2, -0.15) is 5.10 Å². The molecule has 1 aromatic carbocycles. The van der Waals surface area contributed by atoms with Crippen molar-refractivity contribution in [2.75, 3.05) is 6.61 Å². The summed E-state index contributed by atoms with van der Waals surface area (Å²) >= 11 is 0. The van der Waals surface area contributed by atoms with Crippen LogP contribution in [0.5, 0.6) is 0 Å². The van der Waals surface area contributed by atoms with E-state index in [1.165, 1.54) is 17.7 Å². The van der Waals surface area contributed by atoms with Crippen molar-refractivity contribution in [2.45, 2.75) is 89.9 Å². The number of ether oxygens (including phenoxy) is 1. The molecule has 4 aliphatic carbocycles. The molecule has 1 spiro atoms. The van der Waals surface area contributed by atoms with E-state index in [-0.39, 0.29) is 27.9 Å². The maximum Gasteiger partial charge on any atom is 0.312 e. The first kappa shape index (κ1) is 23.2. The second kappa shape index (κ2) is 7.39. The fraction of sp³-hybridized carbons (Fsp3) is 0.655. The van der Waals surface area contributed by atoms with Crippen LogP contribution in [-0.4, -0.2) is 22.4 Å². The topological polar surface area (TPSA) is 44.1 Å². The third kappa shape index (κ3) is 2.88. The van der Waals surface area contributed by atoms with Crippen molar-refractivity contribution in [1.29, 1.82) is 0 Å². The molecule has 6 atom stereocenters. The smallest absolute Gasteiger partial charge is 0.312 e. The Morgan fingerprint density at radius 1 is 1.11 bits per heavy atom. The number of hydrogen-bond acceptors (Lipinski definition) is 3.